The first-order valence-corrected chi connectivity index (χ1v) is 12.6. The summed E-state index contributed by atoms with van der Waals surface area (Å²) in [5, 5.41) is 21.2. The lowest BCUT2D eigenvalue weighted by atomic mass is 9.75. The molecule has 3 aromatic rings. The minimum atomic E-state index is -0.646. The fourth-order valence-electron chi connectivity index (χ4n) is 5.14. The lowest BCUT2D eigenvalue weighted by molar-refractivity contribution is -0.292. The number of rotatable bonds is 6. The van der Waals surface area contributed by atoms with Crippen molar-refractivity contribution in [3.05, 3.63) is 47.1 Å². The molecule has 0 unspecified atom stereocenters. The van der Waals surface area contributed by atoms with Crippen LogP contribution in [0.1, 0.15) is 40.5 Å². The summed E-state index contributed by atoms with van der Waals surface area (Å²) in [6.45, 7) is 7.55. The number of anilines is 3. The predicted octanol–water partition coefficient (Wildman–Crippen LogP) is 6.31. The Labute approximate surface area is 220 Å². The van der Waals surface area contributed by atoms with Gasteiger partial charge in [-0.2, -0.15) is 0 Å². The van der Waals surface area contributed by atoms with Gasteiger partial charge in [-0.25, -0.2) is 0 Å². The second kappa shape index (κ2) is 9.88. The van der Waals surface area contributed by atoms with Gasteiger partial charge in [-0.1, -0.05) is 22.0 Å². The molecule has 0 aliphatic carbocycles. The SMILES string of the molecule is COc1cc2ncc(NC(=O)C3CC(C)(C)N([O])C(C)(C)C3)c(Nc3cccc(Br)c3)c2cc1OC. The highest BCUT2D eigenvalue weighted by atomic mass is 79.9. The molecular weight excluding hydrogens is 524 g/mol. The van der Waals surface area contributed by atoms with Gasteiger partial charge in [-0.3, -0.25) is 9.78 Å². The Bertz CT molecular complexity index is 1280. The van der Waals surface area contributed by atoms with Crippen LogP contribution in [0.3, 0.4) is 0 Å². The summed E-state index contributed by atoms with van der Waals surface area (Å²) in [7, 11) is 3.16. The third-order valence-corrected chi connectivity index (χ3v) is 7.18. The molecule has 0 saturated carbocycles. The molecule has 1 aliphatic rings. The second-order valence-corrected chi connectivity index (χ2v) is 11.3. The number of piperidine rings is 1. The molecule has 1 aliphatic heterocycles. The van der Waals surface area contributed by atoms with Crippen LogP contribution >= 0.6 is 15.9 Å². The van der Waals surface area contributed by atoms with Gasteiger partial charge in [0.25, 0.3) is 0 Å². The molecule has 9 heteroatoms. The number of halogens is 1. The summed E-state index contributed by atoms with van der Waals surface area (Å²) in [5.41, 5.74) is 1.46. The van der Waals surface area contributed by atoms with E-state index < -0.39 is 11.1 Å². The highest BCUT2D eigenvalue weighted by molar-refractivity contribution is 9.10. The number of hydrogen-bond acceptors (Lipinski definition) is 6. The zero-order valence-corrected chi connectivity index (χ0v) is 23.0. The number of carbonyl (C=O) groups is 1. The number of nitrogens with zero attached hydrogens (tertiary/aromatic N) is 2. The van der Waals surface area contributed by atoms with Crippen LogP contribution in [0, 0.1) is 5.92 Å². The molecule has 2 N–H and O–H groups in total. The molecule has 2 aromatic carbocycles. The highest BCUT2D eigenvalue weighted by Crippen LogP contribution is 2.42. The molecule has 0 atom stereocenters. The van der Waals surface area contributed by atoms with Crippen molar-refractivity contribution in [3.63, 3.8) is 0 Å². The minimum absolute atomic E-state index is 0.136. The van der Waals surface area contributed by atoms with Crippen LogP contribution in [0.4, 0.5) is 17.1 Å². The second-order valence-electron chi connectivity index (χ2n) is 10.4. The summed E-state index contributed by atoms with van der Waals surface area (Å²) >= 11 is 3.52. The van der Waals surface area contributed by atoms with Gasteiger partial charge < -0.3 is 20.1 Å². The molecule has 4 rings (SSSR count). The Morgan fingerprint density at radius 2 is 1.69 bits per heavy atom. The first kappa shape index (κ1) is 26.2. The molecule has 0 bridgehead atoms. The van der Waals surface area contributed by atoms with Crippen molar-refractivity contribution in [2.75, 3.05) is 24.9 Å². The molecule has 1 amide bonds. The molecule has 0 spiro atoms. The Morgan fingerprint density at radius 1 is 1.06 bits per heavy atom. The number of pyridine rings is 1. The first-order valence-electron chi connectivity index (χ1n) is 11.8. The van der Waals surface area contributed by atoms with Crippen LogP contribution < -0.4 is 20.1 Å². The number of methoxy groups -OCH3 is 2. The van der Waals surface area contributed by atoms with Crippen molar-refractivity contribution in [3.8, 4) is 11.5 Å². The maximum absolute atomic E-state index is 13.5. The molecular formula is C27H32BrN4O4. The number of hydroxylamine groups is 2. The number of carbonyl (C=O) groups excluding carboxylic acids is 1. The van der Waals surface area contributed by atoms with E-state index in [4.69, 9.17) is 9.47 Å². The summed E-state index contributed by atoms with van der Waals surface area (Å²) in [4.78, 5) is 18.1. The highest BCUT2D eigenvalue weighted by Gasteiger charge is 2.48. The van der Waals surface area contributed by atoms with E-state index in [0.29, 0.717) is 41.2 Å². The van der Waals surface area contributed by atoms with E-state index >= 15 is 0 Å². The van der Waals surface area contributed by atoms with Crippen LogP contribution in [0.15, 0.2) is 47.1 Å². The molecule has 8 nitrogen and oxygen atoms in total. The molecule has 191 valence electrons. The van der Waals surface area contributed by atoms with E-state index in [1.165, 1.54) is 0 Å². The summed E-state index contributed by atoms with van der Waals surface area (Å²) < 4.78 is 11.9. The Balaban J connectivity index is 1.76. The van der Waals surface area contributed by atoms with Gasteiger partial charge >= 0.3 is 0 Å². The van der Waals surface area contributed by atoms with Gasteiger partial charge in [0, 0.05) is 38.6 Å². The van der Waals surface area contributed by atoms with Crippen molar-refractivity contribution in [1.82, 2.24) is 10.0 Å². The smallest absolute Gasteiger partial charge is 0.227 e. The van der Waals surface area contributed by atoms with Gasteiger partial charge in [-0.05, 0) is 64.8 Å². The van der Waals surface area contributed by atoms with E-state index in [9.17, 15) is 10.0 Å². The van der Waals surface area contributed by atoms with Gasteiger partial charge in [0.05, 0.1) is 37.3 Å². The molecule has 1 aromatic heterocycles. The Morgan fingerprint density at radius 3 is 2.31 bits per heavy atom. The van der Waals surface area contributed by atoms with E-state index in [1.54, 1.807) is 26.5 Å². The Kier molecular flexibility index (Phi) is 7.19. The third kappa shape index (κ3) is 5.14. The van der Waals surface area contributed by atoms with Crippen molar-refractivity contribution in [2.24, 2.45) is 5.92 Å². The van der Waals surface area contributed by atoms with Crippen LogP contribution in [-0.4, -0.2) is 41.3 Å². The van der Waals surface area contributed by atoms with Crippen LogP contribution in [0.25, 0.3) is 10.9 Å². The van der Waals surface area contributed by atoms with Crippen molar-refractivity contribution in [2.45, 2.75) is 51.6 Å². The standard InChI is InChI=1S/C27H32BrN4O4/c1-26(2)13-16(14-27(3,4)32(26)34)25(33)31-21-15-29-20-12-23(36-6)22(35-5)11-19(20)24(21)30-18-9-7-8-17(28)10-18/h7-12,15-16H,13-14H2,1-6H3,(H,29,30)(H,31,33). The maximum atomic E-state index is 13.5. The minimum Gasteiger partial charge on any atom is -0.493 e. The number of nitrogens with one attached hydrogen (secondary N) is 2. The number of amides is 1. The zero-order chi connectivity index (χ0) is 26.3. The van der Waals surface area contributed by atoms with Crippen molar-refractivity contribution < 1.29 is 19.5 Å². The average Bonchev–Trinajstić information content (AvgIpc) is 2.82. The van der Waals surface area contributed by atoms with E-state index in [-0.39, 0.29) is 11.8 Å². The van der Waals surface area contributed by atoms with Crippen molar-refractivity contribution >= 4 is 49.8 Å². The topological polar surface area (TPSA) is 95.6 Å². The monoisotopic (exact) mass is 555 g/mol. The first-order chi connectivity index (χ1) is 16.9. The predicted molar refractivity (Wildman–Crippen MR) is 144 cm³/mol. The number of hydrogen-bond donors (Lipinski definition) is 2. The number of benzene rings is 2. The number of aromatic nitrogens is 1. The lowest BCUT2D eigenvalue weighted by Gasteiger charge is -2.49. The molecule has 1 radical (unpaired) electrons. The van der Waals surface area contributed by atoms with Crippen LogP contribution in [0.2, 0.25) is 0 Å². The van der Waals surface area contributed by atoms with Crippen molar-refractivity contribution in [1.29, 1.82) is 0 Å². The molecule has 2 heterocycles. The van der Waals surface area contributed by atoms with E-state index in [2.05, 4.69) is 31.5 Å². The summed E-state index contributed by atoms with van der Waals surface area (Å²) in [6, 6.07) is 11.4. The van der Waals surface area contributed by atoms with Crippen LogP contribution in [0.5, 0.6) is 11.5 Å². The normalized spacial score (nSPS) is 17.6. The Hall–Kier alpha value is -2.88. The van der Waals surface area contributed by atoms with Crippen LogP contribution in [-0.2, 0) is 10.0 Å². The fraction of sp³-hybridized carbons (Fsp3) is 0.407. The molecule has 1 saturated heterocycles. The molecule has 1 fully saturated rings. The number of ether oxygens (including phenoxy) is 2. The van der Waals surface area contributed by atoms with E-state index in [1.807, 2.05) is 58.0 Å². The van der Waals surface area contributed by atoms with E-state index in [0.717, 1.165) is 20.6 Å². The fourth-order valence-corrected chi connectivity index (χ4v) is 5.54. The molecule has 36 heavy (non-hydrogen) atoms. The largest absolute Gasteiger partial charge is 0.493 e. The average molecular weight is 556 g/mol. The lowest BCUT2D eigenvalue weighted by Crippen LogP contribution is -2.59. The zero-order valence-electron chi connectivity index (χ0n) is 21.4. The number of fused-ring (bicyclic) bond motifs is 1. The summed E-state index contributed by atoms with van der Waals surface area (Å²) in [5.74, 6) is 0.665. The van der Waals surface area contributed by atoms with Gasteiger partial charge in [0.15, 0.2) is 11.5 Å². The third-order valence-electron chi connectivity index (χ3n) is 6.69. The maximum Gasteiger partial charge on any atom is 0.227 e. The van der Waals surface area contributed by atoms with Gasteiger partial charge in [0.1, 0.15) is 0 Å². The van der Waals surface area contributed by atoms with Gasteiger partial charge in [-0.15, -0.1) is 10.3 Å². The summed E-state index contributed by atoms with van der Waals surface area (Å²) in [6.07, 6.45) is 2.57. The quantitative estimate of drug-likeness (QED) is 0.370. The van der Waals surface area contributed by atoms with Gasteiger partial charge in [0.2, 0.25) is 5.91 Å².